The van der Waals surface area contributed by atoms with Crippen molar-refractivity contribution in [2.75, 3.05) is 46.2 Å². The number of rotatable bonds is 21. The number of nitrogens with one attached hydrogen (secondary N) is 1. The largest absolute Gasteiger partial charge is 0.465 e. The first-order chi connectivity index (χ1) is 20.8. The zero-order valence-corrected chi connectivity index (χ0v) is 26.1. The average molecular weight is 596 g/mol. The van der Waals surface area contributed by atoms with E-state index in [0.717, 1.165) is 47.1 Å². The summed E-state index contributed by atoms with van der Waals surface area (Å²) in [5, 5.41) is 11.8. The van der Waals surface area contributed by atoms with Crippen molar-refractivity contribution in [3.05, 3.63) is 58.7 Å². The monoisotopic (exact) mass is 595 g/mol. The maximum absolute atomic E-state index is 13.3. The molecule has 0 radical (unpaired) electrons. The van der Waals surface area contributed by atoms with Crippen LogP contribution in [0, 0.1) is 5.92 Å². The molecule has 0 saturated carbocycles. The van der Waals surface area contributed by atoms with Gasteiger partial charge in [-0.15, -0.1) is 0 Å². The molecule has 236 valence electrons. The van der Waals surface area contributed by atoms with Crippen LogP contribution in [0.2, 0.25) is 0 Å². The number of Topliss-reactive ketones (excluding diaryl/α,β-unsaturated/α-hetero) is 1. The van der Waals surface area contributed by atoms with Crippen molar-refractivity contribution < 1.29 is 33.7 Å². The fraction of sp³-hybridized carbons (Fsp3) is 0.571. The van der Waals surface area contributed by atoms with Crippen LogP contribution in [0.4, 0.5) is 0 Å². The van der Waals surface area contributed by atoms with Crippen molar-refractivity contribution in [1.82, 2.24) is 5.32 Å². The Morgan fingerprint density at radius 1 is 0.907 bits per heavy atom. The third-order valence-electron chi connectivity index (χ3n) is 7.65. The Hall–Kier alpha value is -3.07. The molecule has 8 nitrogen and oxygen atoms in total. The second kappa shape index (κ2) is 18.6. The number of amides is 1. The molecule has 0 heterocycles. The van der Waals surface area contributed by atoms with Crippen LogP contribution in [0.3, 0.4) is 0 Å². The van der Waals surface area contributed by atoms with Crippen LogP contribution in [0.15, 0.2) is 36.4 Å². The number of carbonyl (C=O) groups excluding carboxylic acids is 3. The van der Waals surface area contributed by atoms with Gasteiger partial charge in [0.25, 0.3) is 0 Å². The van der Waals surface area contributed by atoms with E-state index in [-0.39, 0.29) is 36.8 Å². The molecule has 1 unspecified atom stereocenters. The highest BCUT2D eigenvalue weighted by molar-refractivity contribution is 6.04. The van der Waals surface area contributed by atoms with Gasteiger partial charge in [-0.3, -0.25) is 14.4 Å². The van der Waals surface area contributed by atoms with Crippen molar-refractivity contribution in [2.45, 2.75) is 78.1 Å². The number of hydrogen-bond acceptors (Lipinski definition) is 7. The van der Waals surface area contributed by atoms with Gasteiger partial charge in [-0.2, -0.15) is 0 Å². The summed E-state index contributed by atoms with van der Waals surface area (Å²) < 4.78 is 16.6. The van der Waals surface area contributed by atoms with E-state index in [0.29, 0.717) is 76.6 Å². The summed E-state index contributed by atoms with van der Waals surface area (Å²) >= 11 is 0. The number of unbranched alkanes of at least 4 members (excludes halogenated alkanes) is 1. The predicted molar refractivity (Wildman–Crippen MR) is 167 cm³/mol. The first-order valence-electron chi connectivity index (χ1n) is 15.8. The van der Waals surface area contributed by atoms with E-state index in [1.807, 2.05) is 18.2 Å². The smallest absolute Gasteiger partial charge is 0.302 e. The minimum Gasteiger partial charge on any atom is -0.465 e. The third-order valence-corrected chi connectivity index (χ3v) is 7.65. The number of ketones is 1. The third kappa shape index (κ3) is 11.2. The van der Waals surface area contributed by atoms with E-state index in [2.05, 4.69) is 37.4 Å². The summed E-state index contributed by atoms with van der Waals surface area (Å²) in [5.74, 6) is 0.195. The van der Waals surface area contributed by atoms with Crippen LogP contribution in [0.25, 0.3) is 11.1 Å². The Labute approximate surface area is 256 Å². The summed E-state index contributed by atoms with van der Waals surface area (Å²) in [6.45, 7) is 8.94. The molecule has 1 amide bonds. The Kier molecular flexibility index (Phi) is 14.9. The molecule has 2 aromatic rings. The van der Waals surface area contributed by atoms with Crippen molar-refractivity contribution in [3.63, 3.8) is 0 Å². The van der Waals surface area contributed by atoms with Gasteiger partial charge in [0.1, 0.15) is 6.61 Å². The van der Waals surface area contributed by atoms with Gasteiger partial charge in [0, 0.05) is 64.2 Å². The van der Waals surface area contributed by atoms with Gasteiger partial charge in [0.05, 0.1) is 6.61 Å². The van der Waals surface area contributed by atoms with Crippen LogP contribution >= 0.6 is 0 Å². The SMILES string of the molecule is CC(=O)OCC1c2cc(CCCC(=O)NCCOCCC(C)C)ccc2-c2c(C(=O)CCCOCCCCO)cccc21. The molecule has 0 fully saturated rings. The summed E-state index contributed by atoms with van der Waals surface area (Å²) in [5.41, 5.74) is 5.75. The standard InChI is InChI=1S/C35H49NO7/c1-25(2)16-21-42-22-17-36-34(40)13-6-9-27-14-15-29-31(23-27)32(24-43-26(3)38)28-10-7-11-30(35(28)29)33(39)12-8-20-41-19-5-4-18-37/h7,10-11,14-15,23,25,32,37H,4-6,8-9,12-13,16-22,24H2,1-3H3,(H,36,40). The summed E-state index contributed by atoms with van der Waals surface area (Å²) in [7, 11) is 0. The van der Waals surface area contributed by atoms with Gasteiger partial charge in [0.15, 0.2) is 5.78 Å². The van der Waals surface area contributed by atoms with Gasteiger partial charge >= 0.3 is 5.97 Å². The van der Waals surface area contributed by atoms with Gasteiger partial charge in [-0.25, -0.2) is 0 Å². The number of aliphatic hydroxyl groups excluding tert-OH is 1. The summed E-state index contributed by atoms with van der Waals surface area (Å²) in [6.07, 6.45) is 5.44. The molecule has 8 heteroatoms. The van der Waals surface area contributed by atoms with Crippen molar-refractivity contribution >= 4 is 17.7 Å². The molecular formula is C35H49NO7. The van der Waals surface area contributed by atoms with Crippen LogP contribution in [0.5, 0.6) is 0 Å². The Balaban J connectivity index is 1.62. The number of benzene rings is 2. The van der Waals surface area contributed by atoms with E-state index in [9.17, 15) is 14.4 Å². The molecule has 1 atom stereocenters. The Bertz CT molecular complexity index is 1190. The highest BCUT2D eigenvalue weighted by Crippen LogP contribution is 2.47. The number of aliphatic hydroxyl groups is 1. The van der Waals surface area contributed by atoms with E-state index in [1.54, 1.807) is 0 Å². The molecule has 1 aliphatic rings. The molecule has 0 aliphatic heterocycles. The maximum atomic E-state index is 13.3. The van der Waals surface area contributed by atoms with Crippen LogP contribution in [-0.2, 0) is 30.2 Å². The zero-order chi connectivity index (χ0) is 31.0. The zero-order valence-electron chi connectivity index (χ0n) is 26.1. The highest BCUT2D eigenvalue weighted by Gasteiger charge is 2.32. The van der Waals surface area contributed by atoms with Crippen molar-refractivity contribution in [1.29, 1.82) is 0 Å². The van der Waals surface area contributed by atoms with Gasteiger partial charge in [0.2, 0.25) is 5.91 Å². The topological polar surface area (TPSA) is 111 Å². The molecule has 2 N–H and O–H groups in total. The van der Waals surface area contributed by atoms with E-state index in [1.165, 1.54) is 6.92 Å². The molecule has 0 bridgehead atoms. The maximum Gasteiger partial charge on any atom is 0.302 e. The number of aryl methyl sites for hydroxylation is 1. The fourth-order valence-electron chi connectivity index (χ4n) is 5.34. The number of ether oxygens (including phenoxy) is 3. The molecule has 0 aromatic heterocycles. The van der Waals surface area contributed by atoms with Crippen molar-refractivity contribution in [2.24, 2.45) is 5.92 Å². The number of esters is 1. The molecular weight excluding hydrogens is 546 g/mol. The lowest BCUT2D eigenvalue weighted by molar-refractivity contribution is -0.141. The lowest BCUT2D eigenvalue weighted by atomic mass is 9.93. The normalized spacial score (nSPS) is 13.6. The first-order valence-corrected chi connectivity index (χ1v) is 15.8. The van der Waals surface area contributed by atoms with Crippen LogP contribution in [-0.4, -0.2) is 69.0 Å². The molecule has 43 heavy (non-hydrogen) atoms. The van der Waals surface area contributed by atoms with E-state index < -0.39 is 0 Å². The summed E-state index contributed by atoms with van der Waals surface area (Å²) in [6, 6.07) is 12.1. The molecule has 0 saturated heterocycles. The highest BCUT2D eigenvalue weighted by atomic mass is 16.5. The number of hydrogen-bond donors (Lipinski definition) is 2. The fourth-order valence-corrected chi connectivity index (χ4v) is 5.34. The quantitative estimate of drug-likeness (QED) is 0.110. The number of carbonyl (C=O) groups is 3. The molecule has 1 aliphatic carbocycles. The average Bonchev–Trinajstić information content (AvgIpc) is 3.30. The van der Waals surface area contributed by atoms with Crippen LogP contribution < -0.4 is 5.32 Å². The minimum absolute atomic E-state index is 0.0208. The lowest BCUT2D eigenvalue weighted by Crippen LogP contribution is -2.27. The Morgan fingerprint density at radius 2 is 1.70 bits per heavy atom. The molecule has 2 aromatic carbocycles. The molecule has 3 rings (SSSR count). The predicted octanol–water partition coefficient (Wildman–Crippen LogP) is 5.62. The van der Waals surface area contributed by atoms with Gasteiger partial charge in [-0.1, -0.05) is 50.2 Å². The lowest BCUT2D eigenvalue weighted by Gasteiger charge is -2.14. The molecule has 0 spiro atoms. The number of fused-ring (bicyclic) bond motifs is 3. The van der Waals surface area contributed by atoms with Crippen molar-refractivity contribution in [3.8, 4) is 11.1 Å². The second-order valence-corrected chi connectivity index (χ2v) is 11.6. The minimum atomic E-state index is -0.339. The first kappa shape index (κ1) is 34.4. The van der Waals surface area contributed by atoms with E-state index >= 15 is 0 Å². The van der Waals surface area contributed by atoms with Gasteiger partial charge < -0.3 is 24.6 Å². The summed E-state index contributed by atoms with van der Waals surface area (Å²) in [4.78, 5) is 37.3. The Morgan fingerprint density at radius 3 is 2.47 bits per heavy atom. The van der Waals surface area contributed by atoms with Crippen LogP contribution in [0.1, 0.15) is 98.7 Å². The van der Waals surface area contributed by atoms with Gasteiger partial charge in [-0.05, 0) is 72.3 Å². The van der Waals surface area contributed by atoms with E-state index in [4.69, 9.17) is 19.3 Å². The second-order valence-electron chi connectivity index (χ2n) is 11.6.